The van der Waals surface area contributed by atoms with Crippen LogP contribution in [0.2, 0.25) is 0 Å². The minimum Gasteiger partial charge on any atom is -0.357 e. The van der Waals surface area contributed by atoms with Crippen LogP contribution in [0.1, 0.15) is 42.1 Å². The molecule has 2 aromatic rings. The van der Waals surface area contributed by atoms with Gasteiger partial charge in [0, 0.05) is 60.2 Å². The highest BCUT2D eigenvalue weighted by Crippen LogP contribution is 2.24. The first kappa shape index (κ1) is 23.4. The third-order valence-electron chi connectivity index (χ3n) is 4.58. The van der Waals surface area contributed by atoms with Crippen molar-refractivity contribution in [2.75, 3.05) is 31.1 Å². The van der Waals surface area contributed by atoms with Crippen LogP contribution >= 0.6 is 46.7 Å². The Morgan fingerprint density at radius 3 is 2.79 bits per heavy atom. The van der Waals surface area contributed by atoms with Crippen LogP contribution in [0.5, 0.6) is 0 Å². The molecule has 0 saturated carbocycles. The lowest BCUT2D eigenvalue weighted by atomic mass is 10.2. The van der Waals surface area contributed by atoms with Crippen molar-refractivity contribution in [2.45, 2.75) is 52.5 Å². The number of aryl methyl sites for hydroxylation is 1. The molecule has 8 heteroatoms. The monoisotopic (exact) mass is 533 g/mol. The first-order chi connectivity index (χ1) is 13.1. The number of rotatable bonds is 8. The first-order valence-electron chi connectivity index (χ1n) is 9.93. The van der Waals surface area contributed by atoms with Gasteiger partial charge in [0.05, 0.1) is 5.69 Å². The maximum atomic E-state index is 4.79. The lowest BCUT2D eigenvalue weighted by Crippen LogP contribution is -2.43. The van der Waals surface area contributed by atoms with Crippen LogP contribution < -0.4 is 15.5 Å². The minimum atomic E-state index is 0. The minimum absolute atomic E-state index is 0. The predicted molar refractivity (Wildman–Crippen MR) is 134 cm³/mol. The molecule has 0 bridgehead atoms. The standard InChI is InChI=1S/C20H31N5S2.HI/c1-4-21-19(23-15(2)13-18-8-7-16(3)27-18)22-10-9-17-14-26-20(24-17)25-11-5-6-12-25;/h7-8,14-15H,4-6,9-13H2,1-3H3,(H2,21,22,23);1H. The van der Waals surface area contributed by atoms with Crippen LogP contribution in [0.15, 0.2) is 22.5 Å². The summed E-state index contributed by atoms with van der Waals surface area (Å²) in [5.74, 6) is 0.897. The van der Waals surface area contributed by atoms with E-state index in [0.717, 1.165) is 50.7 Å². The molecular formula is C20H32IN5S2. The molecule has 0 aromatic carbocycles. The highest BCUT2D eigenvalue weighted by Gasteiger charge is 2.15. The van der Waals surface area contributed by atoms with Gasteiger partial charge in [0.15, 0.2) is 11.1 Å². The van der Waals surface area contributed by atoms with E-state index in [0.29, 0.717) is 6.04 Å². The SMILES string of the molecule is CCNC(=NCCc1csc(N2CCCC2)n1)NC(C)Cc1ccc(C)s1.I. The van der Waals surface area contributed by atoms with Gasteiger partial charge in [0.2, 0.25) is 0 Å². The molecular weight excluding hydrogens is 501 g/mol. The second-order valence-corrected chi connectivity index (χ2v) is 9.30. The Morgan fingerprint density at radius 1 is 1.32 bits per heavy atom. The quantitative estimate of drug-likeness (QED) is 0.299. The number of aromatic nitrogens is 1. The second kappa shape index (κ2) is 12.0. The zero-order valence-electron chi connectivity index (χ0n) is 17.0. The number of aliphatic imine (C=N–C) groups is 1. The zero-order chi connectivity index (χ0) is 19.1. The molecule has 0 radical (unpaired) electrons. The Bertz CT molecular complexity index is 737. The van der Waals surface area contributed by atoms with Gasteiger partial charge in [-0.3, -0.25) is 4.99 Å². The van der Waals surface area contributed by atoms with Gasteiger partial charge >= 0.3 is 0 Å². The highest BCUT2D eigenvalue weighted by molar-refractivity contribution is 14.0. The molecule has 1 saturated heterocycles. The molecule has 5 nitrogen and oxygen atoms in total. The Balaban J connectivity index is 0.00000280. The van der Waals surface area contributed by atoms with E-state index in [4.69, 9.17) is 9.98 Å². The normalized spacial score (nSPS) is 15.4. The fourth-order valence-corrected chi connectivity index (χ4v) is 5.18. The number of hydrogen-bond donors (Lipinski definition) is 2. The first-order valence-corrected chi connectivity index (χ1v) is 11.6. The fourth-order valence-electron chi connectivity index (χ4n) is 3.25. The fraction of sp³-hybridized carbons (Fsp3) is 0.600. The molecule has 156 valence electrons. The largest absolute Gasteiger partial charge is 0.357 e. The summed E-state index contributed by atoms with van der Waals surface area (Å²) in [7, 11) is 0. The predicted octanol–water partition coefficient (Wildman–Crippen LogP) is 4.46. The van der Waals surface area contributed by atoms with E-state index in [-0.39, 0.29) is 24.0 Å². The van der Waals surface area contributed by atoms with Gasteiger partial charge in [-0.25, -0.2) is 4.98 Å². The van der Waals surface area contributed by atoms with Crippen molar-refractivity contribution in [3.05, 3.63) is 33.0 Å². The van der Waals surface area contributed by atoms with Crippen molar-refractivity contribution in [1.82, 2.24) is 15.6 Å². The summed E-state index contributed by atoms with van der Waals surface area (Å²) in [6.45, 7) is 10.4. The maximum Gasteiger partial charge on any atom is 0.191 e. The summed E-state index contributed by atoms with van der Waals surface area (Å²) >= 11 is 3.64. The molecule has 1 unspecified atom stereocenters. The number of thiophene rings is 1. The van der Waals surface area contributed by atoms with E-state index in [1.807, 2.05) is 11.3 Å². The summed E-state index contributed by atoms with van der Waals surface area (Å²) in [4.78, 5) is 14.7. The van der Waals surface area contributed by atoms with E-state index in [1.54, 1.807) is 11.3 Å². The van der Waals surface area contributed by atoms with E-state index in [2.05, 4.69) is 53.8 Å². The van der Waals surface area contributed by atoms with Crippen molar-refractivity contribution in [1.29, 1.82) is 0 Å². The smallest absolute Gasteiger partial charge is 0.191 e. The number of nitrogens with zero attached hydrogens (tertiary/aromatic N) is 3. The van der Waals surface area contributed by atoms with E-state index < -0.39 is 0 Å². The molecule has 28 heavy (non-hydrogen) atoms. The van der Waals surface area contributed by atoms with Gasteiger partial charge in [0.25, 0.3) is 0 Å². The molecule has 0 spiro atoms. The molecule has 1 atom stereocenters. The van der Waals surface area contributed by atoms with Gasteiger partial charge in [-0.15, -0.1) is 46.7 Å². The Kier molecular flexibility index (Phi) is 10.0. The molecule has 2 aromatic heterocycles. The van der Waals surface area contributed by atoms with Gasteiger partial charge in [-0.05, 0) is 45.7 Å². The number of thiazole rings is 1. The summed E-state index contributed by atoms with van der Waals surface area (Å²) in [6, 6.07) is 4.76. The van der Waals surface area contributed by atoms with Crippen molar-refractivity contribution < 1.29 is 0 Å². The summed E-state index contributed by atoms with van der Waals surface area (Å²) in [5, 5.41) is 10.3. The number of nitrogens with one attached hydrogen (secondary N) is 2. The lowest BCUT2D eigenvalue weighted by Gasteiger charge is -2.17. The summed E-state index contributed by atoms with van der Waals surface area (Å²) < 4.78 is 0. The molecule has 2 N–H and O–H groups in total. The molecule has 3 rings (SSSR count). The zero-order valence-corrected chi connectivity index (χ0v) is 21.0. The Labute approximate surface area is 194 Å². The van der Waals surface area contributed by atoms with E-state index >= 15 is 0 Å². The molecule has 1 aliphatic rings. The molecule has 0 aliphatic carbocycles. The van der Waals surface area contributed by atoms with E-state index in [9.17, 15) is 0 Å². The lowest BCUT2D eigenvalue weighted by molar-refractivity contribution is 0.645. The van der Waals surface area contributed by atoms with Crippen LogP contribution in [-0.4, -0.2) is 43.2 Å². The number of halogens is 1. The van der Waals surface area contributed by atoms with Crippen LogP contribution in [0.25, 0.3) is 0 Å². The van der Waals surface area contributed by atoms with Crippen molar-refractivity contribution in [3.8, 4) is 0 Å². The maximum absolute atomic E-state index is 4.79. The van der Waals surface area contributed by atoms with Gasteiger partial charge in [-0.2, -0.15) is 0 Å². The highest BCUT2D eigenvalue weighted by atomic mass is 127. The van der Waals surface area contributed by atoms with Crippen molar-refractivity contribution in [2.24, 2.45) is 4.99 Å². The number of hydrogen-bond acceptors (Lipinski definition) is 5. The average Bonchev–Trinajstić information content (AvgIpc) is 3.36. The summed E-state index contributed by atoms with van der Waals surface area (Å²) in [5.41, 5.74) is 1.16. The Morgan fingerprint density at radius 2 is 2.11 bits per heavy atom. The number of anilines is 1. The second-order valence-electron chi connectivity index (χ2n) is 7.09. The molecule has 3 heterocycles. The topological polar surface area (TPSA) is 52.6 Å². The third kappa shape index (κ3) is 7.18. The van der Waals surface area contributed by atoms with Gasteiger partial charge < -0.3 is 15.5 Å². The van der Waals surface area contributed by atoms with Crippen LogP contribution in [0, 0.1) is 6.92 Å². The third-order valence-corrected chi connectivity index (χ3v) is 6.56. The molecule has 1 fully saturated rings. The van der Waals surface area contributed by atoms with Crippen LogP contribution in [0.4, 0.5) is 5.13 Å². The summed E-state index contributed by atoms with van der Waals surface area (Å²) in [6.07, 6.45) is 4.49. The van der Waals surface area contributed by atoms with Crippen LogP contribution in [-0.2, 0) is 12.8 Å². The molecule has 1 aliphatic heterocycles. The molecule has 0 amide bonds. The average molecular weight is 534 g/mol. The van der Waals surface area contributed by atoms with E-state index in [1.165, 1.54) is 27.7 Å². The van der Waals surface area contributed by atoms with Crippen molar-refractivity contribution >= 4 is 57.7 Å². The number of guanidine groups is 1. The van der Waals surface area contributed by atoms with Gasteiger partial charge in [0.1, 0.15) is 0 Å². The Hall–Kier alpha value is -0.870. The van der Waals surface area contributed by atoms with Crippen molar-refractivity contribution in [3.63, 3.8) is 0 Å². The van der Waals surface area contributed by atoms with Gasteiger partial charge in [-0.1, -0.05) is 0 Å². The van der Waals surface area contributed by atoms with Crippen LogP contribution in [0.3, 0.4) is 0 Å².